The number of likely N-dealkylation sites (tertiary alicyclic amines) is 1. The van der Waals surface area contributed by atoms with Gasteiger partial charge in [-0.2, -0.15) is 0 Å². The zero-order chi connectivity index (χ0) is 20.3. The molecule has 0 aliphatic carbocycles. The fraction of sp³-hybridized carbons (Fsp3) is 0.478. The lowest BCUT2D eigenvalue weighted by atomic mass is 9.89. The van der Waals surface area contributed by atoms with Gasteiger partial charge in [0.2, 0.25) is 0 Å². The van der Waals surface area contributed by atoms with Gasteiger partial charge in [0.25, 0.3) is 0 Å². The topological polar surface area (TPSA) is 59.7 Å². The maximum Gasteiger partial charge on any atom is 0.175 e. The molecule has 0 unspecified atom stereocenters. The fourth-order valence-corrected chi connectivity index (χ4v) is 4.23. The molecule has 3 aromatic rings. The molecule has 1 aliphatic rings. The summed E-state index contributed by atoms with van der Waals surface area (Å²) in [5.41, 5.74) is 2.26. The van der Waals surface area contributed by atoms with Gasteiger partial charge in [-0.3, -0.25) is 9.88 Å². The number of rotatable bonds is 5. The molecule has 152 valence electrons. The van der Waals surface area contributed by atoms with Crippen LogP contribution in [0.25, 0.3) is 0 Å². The van der Waals surface area contributed by atoms with E-state index in [4.69, 9.17) is 0 Å². The van der Waals surface area contributed by atoms with E-state index in [1.54, 1.807) is 0 Å². The molecule has 0 saturated carbocycles. The first-order chi connectivity index (χ1) is 14.0. The van der Waals surface area contributed by atoms with Gasteiger partial charge in [-0.15, -0.1) is 5.10 Å². The summed E-state index contributed by atoms with van der Waals surface area (Å²) >= 11 is 0. The highest BCUT2D eigenvalue weighted by Gasteiger charge is 2.34. The van der Waals surface area contributed by atoms with Gasteiger partial charge in [0, 0.05) is 6.20 Å². The highest BCUT2D eigenvalue weighted by atomic mass is 15.6. The summed E-state index contributed by atoms with van der Waals surface area (Å²) in [5.74, 6) is 1.59. The Balaban J connectivity index is 1.55. The largest absolute Gasteiger partial charge is 0.288 e. The van der Waals surface area contributed by atoms with Gasteiger partial charge in [0.15, 0.2) is 5.82 Å². The molecule has 6 heteroatoms. The Kier molecular flexibility index (Phi) is 5.72. The zero-order valence-electron chi connectivity index (χ0n) is 17.6. The molecule has 0 bridgehead atoms. The summed E-state index contributed by atoms with van der Waals surface area (Å²) in [6, 6.07) is 16.9. The summed E-state index contributed by atoms with van der Waals surface area (Å²) in [4.78, 5) is 7.17. The first-order valence-electron chi connectivity index (χ1n) is 10.5. The summed E-state index contributed by atoms with van der Waals surface area (Å²) in [7, 11) is 0. The van der Waals surface area contributed by atoms with Crippen LogP contribution in [0.15, 0.2) is 54.7 Å². The molecule has 3 heterocycles. The number of aromatic nitrogens is 5. The Morgan fingerprint density at radius 3 is 2.38 bits per heavy atom. The molecule has 0 N–H and O–H groups in total. The number of hydrogen-bond acceptors (Lipinski definition) is 5. The van der Waals surface area contributed by atoms with E-state index in [-0.39, 0.29) is 11.6 Å². The van der Waals surface area contributed by atoms with Crippen molar-refractivity contribution < 1.29 is 0 Å². The van der Waals surface area contributed by atoms with Crippen LogP contribution >= 0.6 is 0 Å². The minimum absolute atomic E-state index is 0.0249. The van der Waals surface area contributed by atoms with Crippen LogP contribution in [0, 0.1) is 5.92 Å². The van der Waals surface area contributed by atoms with Crippen molar-refractivity contribution in [2.45, 2.75) is 51.6 Å². The van der Waals surface area contributed by atoms with Crippen LogP contribution in [0.3, 0.4) is 0 Å². The Hall–Kier alpha value is -2.60. The van der Waals surface area contributed by atoms with E-state index >= 15 is 0 Å². The Labute approximate surface area is 173 Å². The molecule has 2 aromatic heterocycles. The highest BCUT2D eigenvalue weighted by Crippen LogP contribution is 2.32. The number of hydrogen-bond donors (Lipinski definition) is 0. The van der Waals surface area contributed by atoms with Crippen molar-refractivity contribution in [2.75, 3.05) is 13.1 Å². The first kappa shape index (κ1) is 19.7. The molecule has 29 heavy (non-hydrogen) atoms. The molecule has 1 aliphatic heterocycles. The molecule has 6 nitrogen and oxygen atoms in total. The van der Waals surface area contributed by atoms with E-state index in [2.05, 4.69) is 82.6 Å². The summed E-state index contributed by atoms with van der Waals surface area (Å²) < 4.78 is 1.95. The molecule has 0 spiro atoms. The van der Waals surface area contributed by atoms with Gasteiger partial charge < -0.3 is 0 Å². The molecule has 1 aromatic carbocycles. The Morgan fingerprint density at radius 2 is 1.72 bits per heavy atom. The van der Waals surface area contributed by atoms with Gasteiger partial charge >= 0.3 is 0 Å². The van der Waals surface area contributed by atoms with Crippen molar-refractivity contribution >= 4 is 0 Å². The van der Waals surface area contributed by atoms with Crippen molar-refractivity contribution in [3.63, 3.8) is 0 Å². The molecule has 0 radical (unpaired) electrons. The molecule has 1 saturated heterocycles. The van der Waals surface area contributed by atoms with Crippen molar-refractivity contribution in [1.29, 1.82) is 0 Å². The second-order valence-corrected chi connectivity index (χ2v) is 8.95. The smallest absolute Gasteiger partial charge is 0.175 e. The van der Waals surface area contributed by atoms with Crippen LogP contribution in [0.5, 0.6) is 0 Å². The monoisotopic (exact) mass is 390 g/mol. The molecule has 0 amide bonds. The predicted octanol–water partition coefficient (Wildman–Crippen LogP) is 3.87. The molecule has 4 rings (SSSR count). The standard InChI is InChI=1S/C23H30N6/c1-23(2,3)29-22(25-26-27-29)21(20-11-7-8-14-24-20)28-15-12-19(13-16-28)17-18-9-5-4-6-10-18/h4-11,14,19,21H,12-13,15-17H2,1-3H3/t21-/m0/s1. The summed E-state index contributed by atoms with van der Waals surface area (Å²) in [5, 5.41) is 12.8. The SMILES string of the molecule is CC(C)(C)n1nnnc1[C@H](c1ccccn1)N1CCC(Cc2ccccc2)CC1. The highest BCUT2D eigenvalue weighted by molar-refractivity contribution is 5.19. The van der Waals surface area contributed by atoms with E-state index in [0.717, 1.165) is 36.9 Å². The van der Waals surface area contributed by atoms with E-state index in [1.165, 1.54) is 18.4 Å². The van der Waals surface area contributed by atoms with E-state index in [9.17, 15) is 0 Å². The third kappa shape index (κ3) is 4.53. The van der Waals surface area contributed by atoms with Gasteiger partial charge in [-0.05, 0) is 87.2 Å². The third-order valence-corrected chi connectivity index (χ3v) is 5.72. The number of nitrogens with zero attached hydrogens (tertiary/aromatic N) is 6. The number of pyridine rings is 1. The van der Waals surface area contributed by atoms with E-state index in [0.29, 0.717) is 0 Å². The lowest BCUT2D eigenvalue weighted by Gasteiger charge is -2.37. The normalized spacial score (nSPS) is 17.3. The maximum atomic E-state index is 4.67. The summed E-state index contributed by atoms with van der Waals surface area (Å²) in [6.07, 6.45) is 5.36. The van der Waals surface area contributed by atoms with E-state index in [1.807, 2.05) is 23.0 Å². The second kappa shape index (κ2) is 8.41. The van der Waals surface area contributed by atoms with Crippen LogP contribution in [0.4, 0.5) is 0 Å². The van der Waals surface area contributed by atoms with Crippen molar-refractivity contribution in [3.05, 3.63) is 71.8 Å². The fourth-order valence-electron chi connectivity index (χ4n) is 4.23. The quantitative estimate of drug-likeness (QED) is 0.662. The van der Waals surface area contributed by atoms with Crippen LogP contribution < -0.4 is 0 Å². The molecule has 1 atom stereocenters. The number of piperidine rings is 1. The second-order valence-electron chi connectivity index (χ2n) is 8.95. The molecular formula is C23H30N6. The predicted molar refractivity (Wildman–Crippen MR) is 113 cm³/mol. The van der Waals surface area contributed by atoms with Crippen molar-refractivity contribution in [2.24, 2.45) is 5.92 Å². The van der Waals surface area contributed by atoms with Gasteiger partial charge in [-0.1, -0.05) is 36.4 Å². The number of tetrazole rings is 1. The lowest BCUT2D eigenvalue weighted by molar-refractivity contribution is 0.137. The summed E-state index contributed by atoms with van der Waals surface area (Å²) in [6.45, 7) is 8.45. The van der Waals surface area contributed by atoms with Gasteiger partial charge in [-0.25, -0.2) is 4.68 Å². The average molecular weight is 391 g/mol. The Bertz CT molecular complexity index is 892. The van der Waals surface area contributed by atoms with Crippen molar-refractivity contribution in [3.8, 4) is 0 Å². The average Bonchev–Trinajstić information content (AvgIpc) is 3.21. The van der Waals surface area contributed by atoms with Crippen molar-refractivity contribution in [1.82, 2.24) is 30.1 Å². The molecule has 1 fully saturated rings. The maximum absolute atomic E-state index is 4.67. The molecular weight excluding hydrogens is 360 g/mol. The third-order valence-electron chi connectivity index (χ3n) is 5.72. The minimum atomic E-state index is -0.183. The number of benzene rings is 1. The first-order valence-corrected chi connectivity index (χ1v) is 10.5. The van der Waals surface area contributed by atoms with Gasteiger partial charge in [0.1, 0.15) is 6.04 Å². The zero-order valence-corrected chi connectivity index (χ0v) is 17.6. The van der Waals surface area contributed by atoms with E-state index < -0.39 is 0 Å². The lowest BCUT2D eigenvalue weighted by Crippen LogP contribution is -2.40. The van der Waals surface area contributed by atoms with Crippen LogP contribution in [-0.2, 0) is 12.0 Å². The van der Waals surface area contributed by atoms with Gasteiger partial charge in [0.05, 0.1) is 11.2 Å². The van der Waals surface area contributed by atoms with Crippen LogP contribution in [0.1, 0.15) is 56.7 Å². The van der Waals surface area contributed by atoms with Crippen LogP contribution in [-0.4, -0.2) is 43.2 Å². The Morgan fingerprint density at radius 1 is 1.00 bits per heavy atom. The van der Waals surface area contributed by atoms with Crippen LogP contribution in [0.2, 0.25) is 0 Å². The minimum Gasteiger partial charge on any atom is -0.288 e.